The second-order valence-electron chi connectivity index (χ2n) is 5.38. The molecule has 0 spiro atoms. The minimum Gasteiger partial charge on any atom is -0.297 e. The molecule has 0 aliphatic carbocycles. The van der Waals surface area contributed by atoms with E-state index in [1.54, 1.807) is 0 Å². The molecule has 2 atom stereocenters. The maximum atomic E-state index is 12.3. The van der Waals surface area contributed by atoms with E-state index in [0.717, 1.165) is 16.6 Å². The van der Waals surface area contributed by atoms with E-state index < -0.39 is 0 Å². The van der Waals surface area contributed by atoms with Gasteiger partial charge in [-0.3, -0.25) is 9.69 Å². The van der Waals surface area contributed by atoms with E-state index in [-0.39, 0.29) is 5.78 Å². The van der Waals surface area contributed by atoms with Crippen molar-refractivity contribution < 1.29 is 4.79 Å². The quantitative estimate of drug-likeness (QED) is 0.753. The molecule has 0 N–H and O–H groups in total. The third-order valence-electron chi connectivity index (χ3n) is 4.20. The molecule has 1 aromatic rings. The maximum absolute atomic E-state index is 12.3. The number of hydrogen-bond acceptors (Lipinski definition) is 2. The highest BCUT2D eigenvalue weighted by molar-refractivity contribution is 9.10. The van der Waals surface area contributed by atoms with Crippen molar-refractivity contribution in [1.82, 2.24) is 4.90 Å². The summed E-state index contributed by atoms with van der Waals surface area (Å²) in [5, 5.41) is 0. The van der Waals surface area contributed by atoms with E-state index >= 15 is 0 Å². The van der Waals surface area contributed by atoms with E-state index in [1.807, 2.05) is 24.3 Å². The normalized spacial score (nSPS) is 23.7. The number of Topliss-reactive ketones (excluding diaryl/α,β-unsaturated/α-hetero) is 1. The van der Waals surface area contributed by atoms with Crippen molar-refractivity contribution in [2.45, 2.75) is 51.6 Å². The molecular weight excluding hydrogens is 302 g/mol. The van der Waals surface area contributed by atoms with E-state index in [0.29, 0.717) is 18.5 Å². The van der Waals surface area contributed by atoms with Gasteiger partial charge in [0.25, 0.3) is 0 Å². The van der Waals surface area contributed by atoms with Crippen molar-refractivity contribution in [2.24, 2.45) is 0 Å². The minimum absolute atomic E-state index is 0.237. The van der Waals surface area contributed by atoms with Crippen molar-refractivity contribution in [1.29, 1.82) is 0 Å². The van der Waals surface area contributed by atoms with Crippen LogP contribution in [0.1, 0.15) is 49.9 Å². The monoisotopic (exact) mass is 323 g/mol. The number of hydrogen-bond donors (Lipinski definition) is 0. The van der Waals surface area contributed by atoms with Crippen LogP contribution in [0, 0.1) is 0 Å². The van der Waals surface area contributed by atoms with Gasteiger partial charge >= 0.3 is 0 Å². The van der Waals surface area contributed by atoms with Gasteiger partial charge in [-0.25, -0.2) is 0 Å². The van der Waals surface area contributed by atoms with Crippen LogP contribution in [0.3, 0.4) is 0 Å². The van der Waals surface area contributed by atoms with Gasteiger partial charge < -0.3 is 0 Å². The minimum atomic E-state index is 0.237. The molecule has 0 saturated carbocycles. The van der Waals surface area contributed by atoms with Gasteiger partial charge in [0.05, 0.1) is 0 Å². The van der Waals surface area contributed by atoms with Crippen LogP contribution in [0.4, 0.5) is 0 Å². The summed E-state index contributed by atoms with van der Waals surface area (Å²) in [6, 6.07) is 8.98. The molecule has 104 valence electrons. The Morgan fingerprint density at radius 2 is 2.11 bits per heavy atom. The number of carbonyl (C=O) groups excluding carboxylic acids is 1. The van der Waals surface area contributed by atoms with E-state index in [2.05, 4.69) is 34.7 Å². The van der Waals surface area contributed by atoms with Crippen LogP contribution >= 0.6 is 15.9 Å². The van der Waals surface area contributed by atoms with Crippen molar-refractivity contribution in [3.63, 3.8) is 0 Å². The van der Waals surface area contributed by atoms with Crippen LogP contribution < -0.4 is 0 Å². The second-order valence-corrected chi connectivity index (χ2v) is 6.23. The lowest BCUT2D eigenvalue weighted by molar-refractivity contribution is 0.0948. The number of benzene rings is 1. The first-order valence-electron chi connectivity index (χ1n) is 7.17. The summed E-state index contributed by atoms with van der Waals surface area (Å²) in [5.74, 6) is 0.237. The van der Waals surface area contributed by atoms with Crippen LogP contribution in [0.5, 0.6) is 0 Å². The average Bonchev–Trinajstić information content (AvgIpc) is 2.77. The van der Waals surface area contributed by atoms with Crippen molar-refractivity contribution >= 4 is 21.7 Å². The summed E-state index contributed by atoms with van der Waals surface area (Å²) in [7, 11) is 0. The first kappa shape index (κ1) is 14.7. The van der Waals surface area contributed by atoms with Gasteiger partial charge in [-0.15, -0.1) is 0 Å². The Kier molecular flexibility index (Phi) is 5.17. The summed E-state index contributed by atoms with van der Waals surface area (Å²) < 4.78 is 0.904. The summed E-state index contributed by atoms with van der Waals surface area (Å²) in [6.07, 6.45) is 4.35. The number of nitrogens with zero attached hydrogens (tertiary/aromatic N) is 1. The molecule has 1 aromatic carbocycles. The summed E-state index contributed by atoms with van der Waals surface area (Å²) >= 11 is 3.45. The molecule has 0 amide bonds. The topological polar surface area (TPSA) is 20.3 Å². The fourth-order valence-corrected chi connectivity index (χ4v) is 3.53. The fourth-order valence-electron chi connectivity index (χ4n) is 3.02. The van der Waals surface area contributed by atoms with Crippen molar-refractivity contribution in [3.8, 4) is 0 Å². The largest absolute Gasteiger partial charge is 0.297 e. The van der Waals surface area contributed by atoms with Gasteiger partial charge in [-0.05, 0) is 32.3 Å². The molecule has 1 aliphatic rings. The van der Waals surface area contributed by atoms with Gasteiger partial charge in [0, 0.05) is 35.1 Å². The SMILES string of the molecule is CCC1CCC(C)N1CCC(=O)c1ccccc1Br. The third-order valence-corrected chi connectivity index (χ3v) is 4.89. The van der Waals surface area contributed by atoms with Crippen LogP contribution in [-0.2, 0) is 0 Å². The summed E-state index contributed by atoms with van der Waals surface area (Å²) in [4.78, 5) is 14.8. The lowest BCUT2D eigenvalue weighted by Crippen LogP contribution is -2.35. The van der Waals surface area contributed by atoms with Crippen LogP contribution in [0.25, 0.3) is 0 Å². The number of halogens is 1. The Morgan fingerprint density at radius 3 is 2.79 bits per heavy atom. The van der Waals surface area contributed by atoms with Gasteiger partial charge in [0.1, 0.15) is 0 Å². The molecule has 19 heavy (non-hydrogen) atoms. The maximum Gasteiger partial charge on any atom is 0.165 e. The zero-order valence-electron chi connectivity index (χ0n) is 11.7. The second kappa shape index (κ2) is 6.67. The van der Waals surface area contributed by atoms with Crippen molar-refractivity contribution in [2.75, 3.05) is 6.54 Å². The Hall–Kier alpha value is -0.670. The average molecular weight is 324 g/mol. The molecule has 0 bridgehead atoms. The van der Waals surface area contributed by atoms with Crippen LogP contribution in [-0.4, -0.2) is 29.3 Å². The first-order valence-corrected chi connectivity index (χ1v) is 7.96. The highest BCUT2D eigenvalue weighted by atomic mass is 79.9. The third kappa shape index (κ3) is 3.46. The predicted molar refractivity (Wildman–Crippen MR) is 82.6 cm³/mol. The molecule has 1 fully saturated rings. The molecule has 2 nitrogen and oxygen atoms in total. The summed E-state index contributed by atoms with van der Waals surface area (Å²) in [5.41, 5.74) is 0.808. The van der Waals surface area contributed by atoms with Crippen molar-refractivity contribution in [3.05, 3.63) is 34.3 Å². The number of likely N-dealkylation sites (tertiary alicyclic amines) is 1. The molecule has 1 aliphatic heterocycles. The number of rotatable bonds is 5. The highest BCUT2D eigenvalue weighted by Gasteiger charge is 2.29. The predicted octanol–water partition coefficient (Wildman–Crippen LogP) is 4.28. The zero-order valence-corrected chi connectivity index (χ0v) is 13.3. The smallest absolute Gasteiger partial charge is 0.165 e. The van der Waals surface area contributed by atoms with E-state index in [9.17, 15) is 4.79 Å². The van der Waals surface area contributed by atoms with Gasteiger partial charge in [-0.2, -0.15) is 0 Å². The molecule has 1 heterocycles. The number of carbonyl (C=O) groups is 1. The molecular formula is C16H22BrNO. The van der Waals surface area contributed by atoms with Gasteiger partial charge in [-0.1, -0.05) is 41.1 Å². The Labute approximate surface area is 124 Å². The molecule has 0 radical (unpaired) electrons. The van der Waals surface area contributed by atoms with Gasteiger partial charge in [0.2, 0.25) is 0 Å². The molecule has 3 heteroatoms. The van der Waals surface area contributed by atoms with Crippen LogP contribution in [0.2, 0.25) is 0 Å². The lowest BCUT2D eigenvalue weighted by atomic mass is 10.1. The summed E-state index contributed by atoms with van der Waals surface area (Å²) in [6.45, 7) is 5.41. The van der Waals surface area contributed by atoms with E-state index in [1.165, 1.54) is 19.3 Å². The molecule has 0 aromatic heterocycles. The molecule has 1 saturated heterocycles. The fraction of sp³-hybridized carbons (Fsp3) is 0.562. The lowest BCUT2D eigenvalue weighted by Gasteiger charge is -2.27. The standard InChI is InChI=1S/C16H22BrNO/c1-3-13-9-8-12(2)18(13)11-10-16(19)14-6-4-5-7-15(14)17/h4-7,12-13H,3,8-11H2,1-2H3. The number of ketones is 1. The molecule has 2 rings (SSSR count). The van der Waals surface area contributed by atoms with Crippen LogP contribution in [0.15, 0.2) is 28.7 Å². The Bertz CT molecular complexity index is 446. The first-order chi connectivity index (χ1) is 9.13. The zero-order chi connectivity index (χ0) is 13.8. The Morgan fingerprint density at radius 1 is 1.37 bits per heavy atom. The highest BCUT2D eigenvalue weighted by Crippen LogP contribution is 2.26. The molecule has 2 unspecified atom stereocenters. The van der Waals surface area contributed by atoms with E-state index in [4.69, 9.17) is 0 Å². The van der Waals surface area contributed by atoms with Gasteiger partial charge in [0.15, 0.2) is 5.78 Å². The Balaban J connectivity index is 1.95.